The smallest absolute Gasteiger partial charge is 0.403 e. The van der Waals surface area contributed by atoms with E-state index in [-0.39, 0.29) is 11.3 Å². The van der Waals surface area contributed by atoms with Gasteiger partial charge in [-0.15, -0.1) is 0 Å². The Hall–Kier alpha value is -2.28. The van der Waals surface area contributed by atoms with Crippen molar-refractivity contribution in [2.45, 2.75) is 6.10 Å². The minimum absolute atomic E-state index is 0.230. The van der Waals surface area contributed by atoms with E-state index in [0.29, 0.717) is 0 Å². The first-order chi connectivity index (χ1) is 8.49. The number of nitrogens with zero attached hydrogens (tertiary/aromatic N) is 1. The van der Waals surface area contributed by atoms with E-state index >= 15 is 0 Å². The van der Waals surface area contributed by atoms with E-state index in [9.17, 15) is 24.0 Å². The molecule has 0 bridgehead atoms. The standard InChI is InChI=1S/C11H7F2NO4/c12-6-1-2-8(13)7(5-6)11(15)9-3-4-10(18-9)14(16)17/h1-5,11,15H. The van der Waals surface area contributed by atoms with Crippen molar-refractivity contribution in [3.05, 3.63) is 63.4 Å². The first-order valence-electron chi connectivity index (χ1n) is 4.86. The molecule has 1 N–H and O–H groups in total. The van der Waals surface area contributed by atoms with Crippen molar-refractivity contribution >= 4 is 5.88 Å². The molecule has 1 heterocycles. The van der Waals surface area contributed by atoms with Crippen LogP contribution in [0.3, 0.4) is 0 Å². The summed E-state index contributed by atoms with van der Waals surface area (Å²) in [5.74, 6) is -2.37. The summed E-state index contributed by atoms with van der Waals surface area (Å²) in [7, 11) is 0. The number of benzene rings is 1. The van der Waals surface area contributed by atoms with Crippen LogP contribution < -0.4 is 0 Å². The van der Waals surface area contributed by atoms with Gasteiger partial charge in [0.05, 0.1) is 6.07 Å². The van der Waals surface area contributed by atoms with Crippen LogP contribution in [0.2, 0.25) is 0 Å². The van der Waals surface area contributed by atoms with Gasteiger partial charge >= 0.3 is 5.88 Å². The van der Waals surface area contributed by atoms with Gasteiger partial charge in [-0.2, -0.15) is 0 Å². The average Bonchev–Trinajstić information content (AvgIpc) is 2.81. The molecule has 18 heavy (non-hydrogen) atoms. The molecule has 0 spiro atoms. The molecule has 0 fully saturated rings. The zero-order valence-corrected chi connectivity index (χ0v) is 8.84. The molecule has 2 aromatic rings. The largest absolute Gasteiger partial charge is 0.433 e. The summed E-state index contributed by atoms with van der Waals surface area (Å²) in [4.78, 5) is 9.60. The van der Waals surface area contributed by atoms with Crippen LogP contribution in [0.5, 0.6) is 0 Å². The van der Waals surface area contributed by atoms with Gasteiger partial charge in [0.25, 0.3) is 0 Å². The summed E-state index contributed by atoms with van der Waals surface area (Å²) in [6, 6.07) is 4.71. The fourth-order valence-electron chi connectivity index (χ4n) is 1.46. The summed E-state index contributed by atoms with van der Waals surface area (Å²) in [6.45, 7) is 0. The Balaban J connectivity index is 2.37. The first-order valence-corrected chi connectivity index (χ1v) is 4.86. The van der Waals surface area contributed by atoms with Gasteiger partial charge in [-0.3, -0.25) is 10.1 Å². The van der Waals surface area contributed by atoms with Crippen molar-refractivity contribution in [3.63, 3.8) is 0 Å². The lowest BCUT2D eigenvalue weighted by Gasteiger charge is -2.08. The molecular formula is C11H7F2NO4. The lowest BCUT2D eigenvalue weighted by molar-refractivity contribution is -0.402. The van der Waals surface area contributed by atoms with E-state index in [0.717, 1.165) is 30.3 Å². The van der Waals surface area contributed by atoms with Gasteiger partial charge in [0.15, 0.2) is 0 Å². The maximum atomic E-state index is 13.4. The molecule has 0 saturated heterocycles. The molecule has 0 saturated carbocycles. The molecule has 94 valence electrons. The normalized spacial score (nSPS) is 12.4. The molecule has 1 atom stereocenters. The monoisotopic (exact) mass is 255 g/mol. The second-order valence-corrected chi connectivity index (χ2v) is 3.50. The average molecular weight is 255 g/mol. The fraction of sp³-hybridized carbons (Fsp3) is 0.0909. The number of nitro groups is 1. The van der Waals surface area contributed by atoms with Gasteiger partial charge in [-0.1, -0.05) is 0 Å². The number of halogens is 2. The highest BCUT2D eigenvalue weighted by Gasteiger charge is 2.22. The topological polar surface area (TPSA) is 76.5 Å². The van der Waals surface area contributed by atoms with Crippen molar-refractivity contribution in [2.75, 3.05) is 0 Å². The summed E-state index contributed by atoms with van der Waals surface area (Å²) >= 11 is 0. The maximum Gasteiger partial charge on any atom is 0.433 e. The molecule has 2 rings (SSSR count). The number of rotatable bonds is 3. The van der Waals surface area contributed by atoms with E-state index in [1.54, 1.807) is 0 Å². The van der Waals surface area contributed by atoms with Crippen LogP contribution in [-0.2, 0) is 0 Å². The van der Waals surface area contributed by atoms with Crippen molar-refractivity contribution in [2.24, 2.45) is 0 Å². The first kappa shape index (κ1) is 12.2. The Bertz CT molecular complexity index is 596. The molecule has 0 aliphatic carbocycles. The van der Waals surface area contributed by atoms with Crippen LogP contribution >= 0.6 is 0 Å². The Morgan fingerprint density at radius 2 is 2.00 bits per heavy atom. The Labute approximate surface area is 99.4 Å². The van der Waals surface area contributed by atoms with Crippen LogP contribution in [0.15, 0.2) is 34.7 Å². The minimum Gasteiger partial charge on any atom is -0.403 e. The predicted octanol–water partition coefficient (Wildman–Crippen LogP) is 2.55. The zero-order valence-electron chi connectivity index (χ0n) is 8.84. The summed E-state index contributed by atoms with van der Waals surface area (Å²) in [6.07, 6.45) is -1.60. The highest BCUT2D eigenvalue weighted by molar-refractivity contribution is 5.29. The van der Waals surface area contributed by atoms with E-state index in [1.165, 1.54) is 0 Å². The zero-order chi connectivity index (χ0) is 13.3. The summed E-state index contributed by atoms with van der Waals surface area (Å²) < 4.78 is 31.0. The van der Waals surface area contributed by atoms with E-state index in [2.05, 4.69) is 0 Å². The lowest BCUT2D eigenvalue weighted by Crippen LogP contribution is -2.02. The SMILES string of the molecule is O=[N+]([O-])c1ccc(C(O)c2cc(F)ccc2F)o1. The van der Waals surface area contributed by atoms with Crippen molar-refractivity contribution in [1.29, 1.82) is 0 Å². The van der Waals surface area contributed by atoms with Gasteiger partial charge in [-0.25, -0.2) is 8.78 Å². The molecule has 1 aromatic carbocycles. The van der Waals surface area contributed by atoms with E-state index in [4.69, 9.17) is 4.42 Å². The Morgan fingerprint density at radius 3 is 2.61 bits per heavy atom. The fourth-order valence-corrected chi connectivity index (χ4v) is 1.46. The van der Waals surface area contributed by atoms with Crippen LogP contribution in [0.4, 0.5) is 14.7 Å². The number of hydrogen-bond acceptors (Lipinski definition) is 4. The van der Waals surface area contributed by atoms with Crippen molar-refractivity contribution < 1.29 is 23.2 Å². The lowest BCUT2D eigenvalue weighted by atomic mass is 10.1. The van der Waals surface area contributed by atoms with Crippen LogP contribution in [0.25, 0.3) is 0 Å². The van der Waals surface area contributed by atoms with Crippen molar-refractivity contribution in [3.8, 4) is 0 Å². The second-order valence-electron chi connectivity index (χ2n) is 3.50. The molecule has 1 unspecified atom stereocenters. The van der Waals surface area contributed by atoms with Crippen LogP contribution in [0, 0.1) is 21.7 Å². The molecular weight excluding hydrogens is 248 g/mol. The van der Waals surface area contributed by atoms with E-state index in [1.807, 2.05) is 0 Å². The number of hydrogen-bond donors (Lipinski definition) is 1. The predicted molar refractivity (Wildman–Crippen MR) is 55.8 cm³/mol. The van der Waals surface area contributed by atoms with Gasteiger partial charge in [0.2, 0.25) is 0 Å². The van der Waals surface area contributed by atoms with E-state index < -0.39 is 28.5 Å². The third-order valence-corrected chi connectivity index (χ3v) is 2.31. The van der Waals surface area contributed by atoms with Gasteiger partial charge < -0.3 is 9.52 Å². The molecule has 7 heteroatoms. The number of furan rings is 1. The highest BCUT2D eigenvalue weighted by atomic mass is 19.1. The van der Waals surface area contributed by atoms with Gasteiger partial charge in [-0.05, 0) is 24.3 Å². The molecule has 1 aromatic heterocycles. The van der Waals surface area contributed by atoms with Gasteiger partial charge in [0.1, 0.15) is 28.4 Å². The third kappa shape index (κ3) is 2.21. The molecule has 5 nitrogen and oxygen atoms in total. The Kier molecular flexibility index (Phi) is 3.07. The van der Waals surface area contributed by atoms with Crippen molar-refractivity contribution in [1.82, 2.24) is 0 Å². The van der Waals surface area contributed by atoms with Crippen LogP contribution in [-0.4, -0.2) is 10.0 Å². The molecule has 0 aliphatic rings. The molecule has 0 radical (unpaired) electrons. The third-order valence-electron chi connectivity index (χ3n) is 2.31. The number of aliphatic hydroxyl groups is 1. The van der Waals surface area contributed by atoms with Crippen LogP contribution in [0.1, 0.15) is 17.4 Å². The maximum absolute atomic E-state index is 13.4. The Morgan fingerprint density at radius 1 is 1.28 bits per heavy atom. The second kappa shape index (κ2) is 4.53. The van der Waals surface area contributed by atoms with Gasteiger partial charge in [0, 0.05) is 5.56 Å². The minimum atomic E-state index is -1.60. The summed E-state index contributed by atoms with van der Waals surface area (Å²) in [5.41, 5.74) is -0.348. The highest BCUT2D eigenvalue weighted by Crippen LogP contribution is 2.28. The number of aliphatic hydroxyl groups excluding tert-OH is 1. The molecule has 0 amide bonds. The summed E-state index contributed by atoms with van der Waals surface area (Å²) in [5, 5.41) is 20.2. The molecule has 0 aliphatic heterocycles. The quantitative estimate of drug-likeness (QED) is 0.675.